The molecule has 2 N–H and O–H groups in total. The summed E-state index contributed by atoms with van der Waals surface area (Å²) in [5, 5.41) is 17.9. The smallest absolute Gasteiger partial charge is 0.243 e. The fraction of sp³-hybridized carbons (Fsp3) is 0.467. The lowest BCUT2D eigenvalue weighted by atomic mass is 10.1. The van der Waals surface area contributed by atoms with Gasteiger partial charge in [0.05, 0.1) is 23.6 Å². The van der Waals surface area contributed by atoms with Gasteiger partial charge in [0.15, 0.2) is 0 Å². The van der Waals surface area contributed by atoms with Crippen molar-refractivity contribution in [3.8, 4) is 11.8 Å². The van der Waals surface area contributed by atoms with Crippen molar-refractivity contribution >= 4 is 10.0 Å². The molecule has 1 aromatic carbocycles. The molecule has 21 heavy (non-hydrogen) atoms. The summed E-state index contributed by atoms with van der Waals surface area (Å²) in [5.41, 5.74) is -0.190. The highest BCUT2D eigenvalue weighted by Crippen LogP contribution is 2.22. The molecule has 0 radical (unpaired) electrons. The highest BCUT2D eigenvalue weighted by Gasteiger charge is 2.33. The van der Waals surface area contributed by atoms with Crippen LogP contribution in [0.5, 0.6) is 0 Å². The molecule has 0 saturated heterocycles. The van der Waals surface area contributed by atoms with Gasteiger partial charge in [0.1, 0.15) is 0 Å². The number of hydrogen-bond donors (Lipinski definition) is 2. The SMILES string of the molecule is CN(C(C)(C)CO)S(=O)(=O)c1ccc(C#CCCO)cc1. The first-order valence-electron chi connectivity index (χ1n) is 6.55. The van der Waals surface area contributed by atoms with Gasteiger partial charge in [0.25, 0.3) is 0 Å². The number of benzene rings is 1. The van der Waals surface area contributed by atoms with E-state index in [1.165, 1.54) is 19.2 Å². The molecule has 0 atom stereocenters. The van der Waals surface area contributed by atoms with Gasteiger partial charge in [-0.05, 0) is 38.1 Å². The molecule has 0 aliphatic rings. The molecule has 0 amide bonds. The Bertz CT molecular complexity index is 624. The second-order valence-corrected chi connectivity index (χ2v) is 7.21. The van der Waals surface area contributed by atoms with Crippen molar-refractivity contribution < 1.29 is 18.6 Å². The Morgan fingerprint density at radius 1 is 1.19 bits per heavy atom. The van der Waals surface area contributed by atoms with Crippen LogP contribution in [-0.2, 0) is 10.0 Å². The van der Waals surface area contributed by atoms with E-state index < -0.39 is 15.6 Å². The largest absolute Gasteiger partial charge is 0.395 e. The molecule has 0 aliphatic carbocycles. The molecule has 0 unspecified atom stereocenters. The molecule has 6 heteroatoms. The van der Waals surface area contributed by atoms with Crippen LogP contribution < -0.4 is 0 Å². The van der Waals surface area contributed by atoms with Gasteiger partial charge in [0.2, 0.25) is 10.0 Å². The van der Waals surface area contributed by atoms with E-state index in [0.717, 1.165) is 4.31 Å². The van der Waals surface area contributed by atoms with Crippen LogP contribution in [0, 0.1) is 11.8 Å². The van der Waals surface area contributed by atoms with E-state index in [4.69, 9.17) is 5.11 Å². The van der Waals surface area contributed by atoms with Gasteiger partial charge < -0.3 is 10.2 Å². The zero-order chi connectivity index (χ0) is 16.1. The Kier molecular flexibility index (Phi) is 5.93. The highest BCUT2D eigenvalue weighted by molar-refractivity contribution is 7.89. The van der Waals surface area contributed by atoms with Crippen LogP contribution in [0.25, 0.3) is 0 Å². The number of sulfonamides is 1. The molecular formula is C15H21NO4S. The Morgan fingerprint density at radius 3 is 2.24 bits per heavy atom. The molecule has 0 spiro atoms. The van der Waals surface area contributed by atoms with Crippen molar-refractivity contribution in [2.75, 3.05) is 20.3 Å². The molecule has 0 aliphatic heterocycles. The molecule has 116 valence electrons. The Morgan fingerprint density at radius 2 is 1.76 bits per heavy atom. The average molecular weight is 311 g/mol. The van der Waals surface area contributed by atoms with Crippen molar-refractivity contribution in [1.29, 1.82) is 0 Å². The van der Waals surface area contributed by atoms with Crippen molar-refractivity contribution in [3.63, 3.8) is 0 Å². The van der Waals surface area contributed by atoms with Crippen LogP contribution in [0.1, 0.15) is 25.8 Å². The summed E-state index contributed by atoms with van der Waals surface area (Å²) in [6.45, 7) is 3.03. The van der Waals surface area contributed by atoms with Gasteiger partial charge in [0, 0.05) is 19.0 Å². The van der Waals surface area contributed by atoms with Crippen molar-refractivity contribution in [3.05, 3.63) is 29.8 Å². The average Bonchev–Trinajstić information content (AvgIpc) is 2.47. The van der Waals surface area contributed by atoms with E-state index in [9.17, 15) is 13.5 Å². The van der Waals surface area contributed by atoms with Crippen LogP contribution in [-0.4, -0.2) is 48.7 Å². The second kappa shape index (κ2) is 7.05. The summed E-state index contributed by atoms with van der Waals surface area (Å²) in [6, 6.07) is 6.22. The predicted octanol–water partition coefficient (Wildman–Crippen LogP) is 0.812. The summed E-state index contributed by atoms with van der Waals surface area (Å²) in [7, 11) is -2.22. The predicted molar refractivity (Wildman–Crippen MR) is 81.1 cm³/mol. The molecular weight excluding hydrogens is 290 g/mol. The van der Waals surface area contributed by atoms with Crippen molar-refractivity contribution in [1.82, 2.24) is 4.31 Å². The first-order chi connectivity index (χ1) is 9.75. The van der Waals surface area contributed by atoms with Crippen LogP contribution >= 0.6 is 0 Å². The number of aliphatic hydroxyl groups is 2. The van der Waals surface area contributed by atoms with Gasteiger partial charge in [-0.2, -0.15) is 4.31 Å². The highest BCUT2D eigenvalue weighted by atomic mass is 32.2. The van der Waals surface area contributed by atoms with Crippen LogP contribution in [0.2, 0.25) is 0 Å². The number of likely N-dealkylation sites (N-methyl/N-ethyl adjacent to an activating group) is 1. The first kappa shape index (κ1) is 17.7. The van der Waals surface area contributed by atoms with Crippen molar-refractivity contribution in [2.45, 2.75) is 30.7 Å². The van der Waals surface area contributed by atoms with Crippen LogP contribution in [0.3, 0.4) is 0 Å². The van der Waals surface area contributed by atoms with Gasteiger partial charge in [-0.15, -0.1) is 0 Å². The number of hydrogen-bond acceptors (Lipinski definition) is 4. The van der Waals surface area contributed by atoms with E-state index in [-0.39, 0.29) is 18.1 Å². The summed E-state index contributed by atoms with van der Waals surface area (Å²) in [6.07, 6.45) is 0.382. The van der Waals surface area contributed by atoms with Gasteiger partial charge in [-0.25, -0.2) is 8.42 Å². The van der Waals surface area contributed by atoms with E-state index in [1.54, 1.807) is 26.0 Å². The summed E-state index contributed by atoms with van der Waals surface area (Å²) in [4.78, 5) is 0.152. The topological polar surface area (TPSA) is 77.8 Å². The van der Waals surface area contributed by atoms with Gasteiger partial charge >= 0.3 is 0 Å². The molecule has 0 fully saturated rings. The fourth-order valence-corrected chi connectivity index (χ4v) is 3.02. The van der Waals surface area contributed by atoms with E-state index in [1.807, 2.05) is 0 Å². The maximum atomic E-state index is 12.5. The Balaban J connectivity index is 3.04. The zero-order valence-corrected chi connectivity index (χ0v) is 13.3. The van der Waals surface area contributed by atoms with Crippen LogP contribution in [0.15, 0.2) is 29.2 Å². The lowest BCUT2D eigenvalue weighted by Crippen LogP contribution is -2.47. The second-order valence-electron chi connectivity index (χ2n) is 5.24. The minimum Gasteiger partial charge on any atom is -0.395 e. The number of aliphatic hydroxyl groups excluding tert-OH is 2. The van der Waals surface area contributed by atoms with Crippen LogP contribution in [0.4, 0.5) is 0 Å². The normalized spacial score (nSPS) is 12.1. The molecule has 5 nitrogen and oxygen atoms in total. The third-order valence-electron chi connectivity index (χ3n) is 3.22. The third-order valence-corrected chi connectivity index (χ3v) is 5.30. The third kappa shape index (κ3) is 4.29. The van der Waals surface area contributed by atoms with E-state index in [2.05, 4.69) is 11.8 Å². The summed E-state index contributed by atoms with van der Waals surface area (Å²) >= 11 is 0. The quantitative estimate of drug-likeness (QED) is 0.789. The van der Waals surface area contributed by atoms with E-state index >= 15 is 0 Å². The minimum atomic E-state index is -3.67. The molecule has 0 bridgehead atoms. The zero-order valence-electron chi connectivity index (χ0n) is 12.5. The minimum absolute atomic E-state index is 0.000496. The summed E-state index contributed by atoms with van der Waals surface area (Å²) in [5.74, 6) is 5.61. The molecule has 0 saturated carbocycles. The fourth-order valence-electron chi connectivity index (χ4n) is 1.51. The summed E-state index contributed by atoms with van der Waals surface area (Å²) < 4.78 is 26.1. The lowest BCUT2D eigenvalue weighted by Gasteiger charge is -2.32. The first-order valence-corrected chi connectivity index (χ1v) is 7.99. The standard InChI is InChI=1S/C15H21NO4S/c1-15(2,12-18)16(3)21(19,20)14-9-7-13(8-10-14)6-4-5-11-17/h7-10,17-18H,5,11-12H2,1-3H3. The van der Waals surface area contributed by atoms with E-state index in [0.29, 0.717) is 12.0 Å². The molecule has 1 rings (SSSR count). The number of nitrogens with zero attached hydrogens (tertiary/aromatic N) is 1. The molecule has 1 aromatic rings. The Hall–Kier alpha value is -1.39. The van der Waals surface area contributed by atoms with Gasteiger partial charge in [-0.3, -0.25) is 0 Å². The number of rotatable bonds is 5. The maximum Gasteiger partial charge on any atom is 0.243 e. The monoisotopic (exact) mass is 311 g/mol. The maximum absolute atomic E-state index is 12.5. The van der Waals surface area contributed by atoms with Gasteiger partial charge in [-0.1, -0.05) is 11.8 Å². The molecule has 0 aromatic heterocycles. The Labute approximate surface area is 126 Å². The molecule has 0 heterocycles. The van der Waals surface area contributed by atoms with Crippen molar-refractivity contribution in [2.24, 2.45) is 0 Å². The lowest BCUT2D eigenvalue weighted by molar-refractivity contribution is 0.138.